The van der Waals surface area contributed by atoms with Gasteiger partial charge in [-0.2, -0.15) is 5.10 Å². The van der Waals surface area contributed by atoms with Gasteiger partial charge in [-0.3, -0.25) is 14.3 Å². The third kappa shape index (κ3) is 2.17. The number of benzene rings is 1. The smallest absolute Gasteiger partial charge is 0.240 e. The molecule has 1 aromatic carbocycles. The number of fused-ring (bicyclic) bond motifs is 5. The molecule has 128 valence electrons. The van der Waals surface area contributed by atoms with Gasteiger partial charge in [0.05, 0.1) is 42.5 Å². The largest absolute Gasteiger partial charge is 0.373 e. The van der Waals surface area contributed by atoms with Crippen molar-refractivity contribution in [2.75, 3.05) is 4.90 Å². The SMILES string of the molecule is Cc1cccc(Cn2cc(N3C(=O)[C@@H]4[C@@H](C3=O)[C@@H]3CC[C@@H]4O3)cn2)c1. The highest BCUT2D eigenvalue weighted by atomic mass is 16.5. The summed E-state index contributed by atoms with van der Waals surface area (Å²) in [5.74, 6) is -0.854. The van der Waals surface area contributed by atoms with Crippen LogP contribution >= 0.6 is 0 Å². The fourth-order valence-corrected chi connectivity index (χ4v) is 4.52. The maximum absolute atomic E-state index is 12.8. The first kappa shape index (κ1) is 14.8. The number of aromatic nitrogens is 2. The van der Waals surface area contributed by atoms with Crippen LogP contribution in [0.5, 0.6) is 0 Å². The molecule has 3 aliphatic rings. The third-order valence-corrected chi connectivity index (χ3v) is 5.59. The van der Waals surface area contributed by atoms with Crippen LogP contribution in [0.25, 0.3) is 0 Å². The predicted molar refractivity (Wildman–Crippen MR) is 89.9 cm³/mol. The zero-order valence-corrected chi connectivity index (χ0v) is 14.0. The van der Waals surface area contributed by atoms with Gasteiger partial charge in [0.15, 0.2) is 0 Å². The van der Waals surface area contributed by atoms with Crippen molar-refractivity contribution in [1.29, 1.82) is 0 Å². The summed E-state index contributed by atoms with van der Waals surface area (Å²) in [6, 6.07) is 8.21. The Balaban J connectivity index is 1.40. The molecule has 0 radical (unpaired) electrons. The molecule has 0 aliphatic carbocycles. The van der Waals surface area contributed by atoms with Gasteiger partial charge in [0.1, 0.15) is 0 Å². The Morgan fingerprint density at radius 2 is 1.88 bits per heavy atom. The Kier molecular flexibility index (Phi) is 3.12. The molecule has 6 nitrogen and oxygen atoms in total. The molecule has 0 spiro atoms. The fourth-order valence-electron chi connectivity index (χ4n) is 4.52. The summed E-state index contributed by atoms with van der Waals surface area (Å²) in [6.45, 7) is 2.66. The fraction of sp³-hybridized carbons (Fsp3) is 0.421. The van der Waals surface area contributed by atoms with Crippen LogP contribution in [-0.4, -0.2) is 33.8 Å². The van der Waals surface area contributed by atoms with Crippen molar-refractivity contribution in [1.82, 2.24) is 9.78 Å². The standard InChI is InChI=1S/C19H19N3O3/c1-11-3-2-4-12(7-11)9-21-10-13(8-20-21)22-18(23)16-14-5-6-15(25-14)17(16)19(22)24/h2-4,7-8,10,14-17H,5-6,9H2,1H3/t14-,15-,16-,17-/m0/s1. The number of hydrogen-bond donors (Lipinski definition) is 0. The Labute approximate surface area is 145 Å². The average Bonchev–Trinajstić information content (AvgIpc) is 3.33. The molecule has 6 heteroatoms. The molecule has 4 atom stereocenters. The molecule has 2 aromatic rings. The molecule has 0 N–H and O–H groups in total. The zero-order chi connectivity index (χ0) is 17.1. The summed E-state index contributed by atoms with van der Waals surface area (Å²) in [7, 11) is 0. The number of amides is 2. The zero-order valence-electron chi connectivity index (χ0n) is 14.0. The molecule has 2 bridgehead atoms. The van der Waals surface area contributed by atoms with Gasteiger partial charge in [-0.25, -0.2) is 4.90 Å². The second kappa shape index (κ2) is 5.26. The molecule has 3 fully saturated rings. The quantitative estimate of drug-likeness (QED) is 0.803. The number of aryl methyl sites for hydroxylation is 1. The second-order valence-electron chi connectivity index (χ2n) is 7.24. The molecule has 2 amide bonds. The van der Waals surface area contributed by atoms with Gasteiger partial charge in [0.2, 0.25) is 11.8 Å². The van der Waals surface area contributed by atoms with Crippen LogP contribution in [0.4, 0.5) is 5.69 Å². The number of carbonyl (C=O) groups excluding carboxylic acids is 2. The topological polar surface area (TPSA) is 64.4 Å². The van der Waals surface area contributed by atoms with E-state index < -0.39 is 0 Å². The first-order chi connectivity index (χ1) is 12.1. The van der Waals surface area contributed by atoms with E-state index >= 15 is 0 Å². The predicted octanol–water partition coefficient (Wildman–Crippen LogP) is 1.91. The van der Waals surface area contributed by atoms with Crippen LogP contribution in [-0.2, 0) is 20.9 Å². The van der Waals surface area contributed by atoms with Crippen LogP contribution in [0.1, 0.15) is 24.0 Å². The average molecular weight is 337 g/mol. The third-order valence-electron chi connectivity index (χ3n) is 5.59. The Hall–Kier alpha value is -2.47. The molecule has 25 heavy (non-hydrogen) atoms. The number of nitrogens with zero attached hydrogens (tertiary/aromatic N) is 3. The van der Waals surface area contributed by atoms with Crippen molar-refractivity contribution < 1.29 is 14.3 Å². The van der Waals surface area contributed by atoms with Crippen LogP contribution in [0.2, 0.25) is 0 Å². The van der Waals surface area contributed by atoms with E-state index in [1.807, 2.05) is 12.1 Å². The summed E-state index contributed by atoms with van der Waals surface area (Å²) in [5, 5.41) is 4.34. The van der Waals surface area contributed by atoms with Crippen molar-refractivity contribution in [3.05, 3.63) is 47.8 Å². The number of hydrogen-bond acceptors (Lipinski definition) is 4. The van der Waals surface area contributed by atoms with Gasteiger partial charge in [-0.05, 0) is 25.3 Å². The molecular formula is C19H19N3O3. The lowest BCUT2D eigenvalue weighted by Crippen LogP contribution is -2.33. The van der Waals surface area contributed by atoms with Crippen molar-refractivity contribution in [3.8, 4) is 0 Å². The maximum Gasteiger partial charge on any atom is 0.240 e. The first-order valence-electron chi connectivity index (χ1n) is 8.73. The Morgan fingerprint density at radius 1 is 1.16 bits per heavy atom. The number of rotatable bonds is 3. The molecule has 0 unspecified atom stereocenters. The summed E-state index contributed by atoms with van der Waals surface area (Å²) < 4.78 is 7.54. The van der Waals surface area contributed by atoms with Crippen LogP contribution in [0.15, 0.2) is 36.7 Å². The minimum absolute atomic E-state index is 0.0845. The van der Waals surface area contributed by atoms with Gasteiger partial charge >= 0.3 is 0 Å². The number of ether oxygens (including phenoxy) is 1. The van der Waals surface area contributed by atoms with Crippen LogP contribution < -0.4 is 4.90 Å². The minimum atomic E-state index is -0.300. The Morgan fingerprint density at radius 3 is 2.56 bits per heavy atom. The molecule has 1 aromatic heterocycles. The highest BCUT2D eigenvalue weighted by Crippen LogP contribution is 2.49. The first-order valence-corrected chi connectivity index (χ1v) is 8.73. The van der Waals surface area contributed by atoms with E-state index in [4.69, 9.17) is 4.74 Å². The monoisotopic (exact) mass is 337 g/mol. The van der Waals surface area contributed by atoms with Crippen molar-refractivity contribution in [2.45, 2.75) is 38.5 Å². The van der Waals surface area contributed by atoms with E-state index in [0.29, 0.717) is 12.2 Å². The second-order valence-corrected chi connectivity index (χ2v) is 7.24. The molecule has 3 saturated heterocycles. The molecule has 3 aliphatic heterocycles. The lowest BCUT2D eigenvalue weighted by Gasteiger charge is -2.15. The summed E-state index contributed by atoms with van der Waals surface area (Å²) >= 11 is 0. The van der Waals surface area contributed by atoms with E-state index in [0.717, 1.165) is 18.4 Å². The summed E-state index contributed by atoms with van der Waals surface area (Å²) in [6.07, 6.45) is 4.98. The van der Waals surface area contributed by atoms with Gasteiger partial charge in [-0.1, -0.05) is 29.8 Å². The lowest BCUT2D eigenvalue weighted by atomic mass is 9.81. The maximum atomic E-state index is 12.8. The molecule has 4 heterocycles. The van der Waals surface area contributed by atoms with Crippen LogP contribution in [0.3, 0.4) is 0 Å². The normalized spacial score (nSPS) is 30.4. The van der Waals surface area contributed by atoms with Crippen LogP contribution in [0, 0.1) is 18.8 Å². The highest BCUT2D eigenvalue weighted by molar-refractivity contribution is 6.22. The summed E-state index contributed by atoms with van der Waals surface area (Å²) in [4.78, 5) is 26.9. The van der Waals surface area contributed by atoms with Crippen molar-refractivity contribution in [2.24, 2.45) is 11.8 Å². The summed E-state index contributed by atoms with van der Waals surface area (Å²) in [5.41, 5.74) is 2.89. The van der Waals surface area contributed by atoms with Gasteiger partial charge in [0.25, 0.3) is 0 Å². The van der Waals surface area contributed by atoms with E-state index in [9.17, 15) is 9.59 Å². The number of imide groups is 1. The highest BCUT2D eigenvalue weighted by Gasteiger charge is 2.62. The van der Waals surface area contributed by atoms with Crippen molar-refractivity contribution in [3.63, 3.8) is 0 Å². The van der Waals surface area contributed by atoms with E-state index in [1.165, 1.54) is 10.5 Å². The van der Waals surface area contributed by atoms with Crippen molar-refractivity contribution >= 4 is 17.5 Å². The van der Waals surface area contributed by atoms with Gasteiger partial charge < -0.3 is 4.74 Å². The van der Waals surface area contributed by atoms with Gasteiger partial charge in [0, 0.05) is 6.20 Å². The molecule has 5 rings (SSSR count). The van der Waals surface area contributed by atoms with E-state index in [1.54, 1.807) is 17.1 Å². The molecule has 0 saturated carbocycles. The minimum Gasteiger partial charge on any atom is -0.373 e. The van der Waals surface area contributed by atoms with E-state index in [2.05, 4.69) is 24.2 Å². The number of anilines is 1. The van der Waals surface area contributed by atoms with Gasteiger partial charge in [-0.15, -0.1) is 0 Å². The molecular weight excluding hydrogens is 318 g/mol. The Bertz CT molecular complexity index is 846. The lowest BCUT2D eigenvalue weighted by molar-refractivity contribution is -0.124. The van der Waals surface area contributed by atoms with E-state index in [-0.39, 0.29) is 35.9 Å². The number of carbonyl (C=O) groups is 2.